The maximum Gasteiger partial charge on any atom is 0.0657 e. The monoisotopic (exact) mass is 374 g/mol. The van der Waals surface area contributed by atoms with E-state index in [1.54, 1.807) is 0 Å². The van der Waals surface area contributed by atoms with E-state index in [1.807, 2.05) is 0 Å². The molecule has 0 atom stereocenters. The Labute approximate surface area is 167 Å². The van der Waals surface area contributed by atoms with E-state index in [-0.39, 0.29) is 0 Å². The third-order valence-electron chi connectivity index (χ3n) is 6.51. The van der Waals surface area contributed by atoms with Gasteiger partial charge in [-0.15, -0.1) is 0 Å². The molecule has 0 amide bonds. The van der Waals surface area contributed by atoms with Gasteiger partial charge in [0.05, 0.1) is 5.69 Å². The summed E-state index contributed by atoms with van der Waals surface area (Å²) in [6.45, 7) is 5.73. The average Bonchev–Trinajstić information content (AvgIpc) is 3.17. The van der Waals surface area contributed by atoms with Gasteiger partial charge in [-0.3, -0.25) is 10.00 Å². The summed E-state index contributed by atoms with van der Waals surface area (Å²) in [5.41, 5.74) is 5.67. The van der Waals surface area contributed by atoms with E-state index in [0.717, 1.165) is 32.6 Å². The Morgan fingerprint density at radius 3 is 2.64 bits per heavy atom. The van der Waals surface area contributed by atoms with E-state index in [9.17, 15) is 0 Å². The molecule has 0 saturated carbocycles. The molecule has 5 rings (SSSR count). The molecule has 4 nitrogen and oxygen atoms in total. The molecule has 0 bridgehead atoms. The van der Waals surface area contributed by atoms with E-state index >= 15 is 0 Å². The zero-order valence-corrected chi connectivity index (χ0v) is 16.7. The molecule has 2 aromatic carbocycles. The SMILES string of the molecule is c1ccc2c(N3CCN(CCCc4n[nH]c5c4CCCC5)CC3)cccc2c1. The van der Waals surface area contributed by atoms with E-state index in [0.29, 0.717) is 0 Å². The van der Waals surface area contributed by atoms with Crippen LogP contribution in [0, 0.1) is 0 Å². The second-order valence-electron chi connectivity index (χ2n) is 8.27. The number of aromatic nitrogens is 2. The second-order valence-corrected chi connectivity index (χ2v) is 8.27. The van der Waals surface area contributed by atoms with Crippen molar-refractivity contribution < 1.29 is 0 Å². The van der Waals surface area contributed by atoms with Gasteiger partial charge in [0.1, 0.15) is 0 Å². The highest BCUT2D eigenvalue weighted by atomic mass is 15.3. The number of fused-ring (bicyclic) bond motifs is 2. The standard InChI is InChI=1S/C24H30N4/c1-2-9-20-19(7-1)8-5-13-24(20)28-17-15-27(16-18-28)14-6-12-23-21-10-3-4-11-22(21)25-26-23/h1-2,5,7-9,13H,3-4,6,10-12,14-18H2,(H,25,26). The first-order chi connectivity index (χ1) is 13.9. The number of piperazine rings is 1. The van der Waals surface area contributed by atoms with Crippen LogP contribution in [0.1, 0.15) is 36.2 Å². The van der Waals surface area contributed by atoms with Crippen molar-refractivity contribution in [2.24, 2.45) is 0 Å². The molecule has 2 heterocycles. The van der Waals surface area contributed by atoms with Crippen molar-refractivity contribution >= 4 is 16.5 Å². The number of nitrogens with zero attached hydrogens (tertiary/aromatic N) is 3. The fourth-order valence-electron chi connectivity index (χ4n) is 4.92. The van der Waals surface area contributed by atoms with Gasteiger partial charge in [0, 0.05) is 42.9 Å². The summed E-state index contributed by atoms with van der Waals surface area (Å²) >= 11 is 0. The first-order valence-electron chi connectivity index (χ1n) is 10.9. The van der Waals surface area contributed by atoms with Crippen molar-refractivity contribution in [2.75, 3.05) is 37.6 Å². The first kappa shape index (κ1) is 17.7. The van der Waals surface area contributed by atoms with Gasteiger partial charge in [0.25, 0.3) is 0 Å². The van der Waals surface area contributed by atoms with Gasteiger partial charge >= 0.3 is 0 Å². The third kappa shape index (κ3) is 3.53. The summed E-state index contributed by atoms with van der Waals surface area (Å²) in [6.07, 6.45) is 7.40. The van der Waals surface area contributed by atoms with Gasteiger partial charge in [-0.25, -0.2) is 0 Å². The minimum atomic E-state index is 1.12. The van der Waals surface area contributed by atoms with E-state index in [2.05, 4.69) is 62.5 Å². The minimum Gasteiger partial charge on any atom is -0.368 e. The highest BCUT2D eigenvalue weighted by Crippen LogP contribution is 2.27. The highest BCUT2D eigenvalue weighted by molar-refractivity contribution is 5.94. The van der Waals surface area contributed by atoms with Crippen molar-refractivity contribution in [2.45, 2.75) is 38.5 Å². The summed E-state index contributed by atoms with van der Waals surface area (Å²) in [4.78, 5) is 5.18. The largest absolute Gasteiger partial charge is 0.368 e. The molecule has 0 unspecified atom stereocenters. The zero-order chi connectivity index (χ0) is 18.8. The van der Waals surface area contributed by atoms with Crippen LogP contribution >= 0.6 is 0 Å². The van der Waals surface area contributed by atoms with Crippen molar-refractivity contribution in [3.63, 3.8) is 0 Å². The molecule has 1 aliphatic heterocycles. The zero-order valence-electron chi connectivity index (χ0n) is 16.7. The molecular weight excluding hydrogens is 344 g/mol. The molecule has 3 aromatic rings. The van der Waals surface area contributed by atoms with Crippen LogP contribution in [-0.2, 0) is 19.3 Å². The molecule has 0 radical (unpaired) electrons. The number of hydrogen-bond acceptors (Lipinski definition) is 3. The van der Waals surface area contributed by atoms with Crippen molar-refractivity contribution in [1.82, 2.24) is 15.1 Å². The Kier molecular flexibility index (Phi) is 5.05. The normalized spacial score (nSPS) is 17.8. The lowest BCUT2D eigenvalue weighted by atomic mass is 9.94. The molecule has 4 heteroatoms. The molecule has 1 aromatic heterocycles. The summed E-state index contributed by atoms with van der Waals surface area (Å²) in [6, 6.07) is 15.4. The summed E-state index contributed by atoms with van der Waals surface area (Å²) in [5, 5.41) is 10.6. The number of hydrogen-bond donors (Lipinski definition) is 1. The van der Waals surface area contributed by atoms with Crippen LogP contribution in [0.2, 0.25) is 0 Å². The first-order valence-corrected chi connectivity index (χ1v) is 10.9. The quantitative estimate of drug-likeness (QED) is 0.727. The smallest absolute Gasteiger partial charge is 0.0657 e. The molecule has 28 heavy (non-hydrogen) atoms. The van der Waals surface area contributed by atoms with Crippen LogP contribution in [-0.4, -0.2) is 47.8 Å². The van der Waals surface area contributed by atoms with Crippen LogP contribution in [0.5, 0.6) is 0 Å². The van der Waals surface area contributed by atoms with Crippen molar-refractivity contribution in [1.29, 1.82) is 0 Å². The molecule has 1 saturated heterocycles. The number of benzene rings is 2. The maximum atomic E-state index is 4.61. The predicted octanol–water partition coefficient (Wildman–Crippen LogP) is 4.20. The number of aromatic amines is 1. The van der Waals surface area contributed by atoms with Crippen LogP contribution < -0.4 is 4.90 Å². The van der Waals surface area contributed by atoms with Gasteiger partial charge in [0.15, 0.2) is 0 Å². The summed E-state index contributed by atoms with van der Waals surface area (Å²) in [7, 11) is 0. The van der Waals surface area contributed by atoms with Crippen LogP contribution in [0.3, 0.4) is 0 Å². The Morgan fingerprint density at radius 1 is 0.893 bits per heavy atom. The van der Waals surface area contributed by atoms with Crippen LogP contribution in [0.15, 0.2) is 42.5 Å². The Morgan fingerprint density at radius 2 is 1.71 bits per heavy atom. The van der Waals surface area contributed by atoms with E-state index in [4.69, 9.17) is 0 Å². The Bertz CT molecular complexity index is 931. The van der Waals surface area contributed by atoms with Crippen molar-refractivity contribution in [3.05, 3.63) is 59.4 Å². The number of aryl methyl sites for hydroxylation is 2. The predicted molar refractivity (Wildman–Crippen MR) is 116 cm³/mol. The molecule has 0 spiro atoms. The molecule has 146 valence electrons. The molecule has 2 aliphatic rings. The van der Waals surface area contributed by atoms with Gasteiger partial charge in [-0.2, -0.15) is 5.10 Å². The average molecular weight is 375 g/mol. The molecule has 1 fully saturated rings. The highest BCUT2D eigenvalue weighted by Gasteiger charge is 2.20. The van der Waals surface area contributed by atoms with Crippen LogP contribution in [0.25, 0.3) is 10.8 Å². The lowest BCUT2D eigenvalue weighted by molar-refractivity contribution is 0.255. The van der Waals surface area contributed by atoms with Crippen molar-refractivity contribution in [3.8, 4) is 0 Å². The Hall–Kier alpha value is -2.33. The summed E-state index contributed by atoms with van der Waals surface area (Å²) < 4.78 is 0. The fourth-order valence-corrected chi connectivity index (χ4v) is 4.92. The van der Waals surface area contributed by atoms with Gasteiger partial charge in [0.2, 0.25) is 0 Å². The minimum absolute atomic E-state index is 1.12. The number of anilines is 1. The fraction of sp³-hybridized carbons (Fsp3) is 0.458. The topological polar surface area (TPSA) is 35.2 Å². The lowest BCUT2D eigenvalue weighted by Gasteiger charge is -2.36. The lowest BCUT2D eigenvalue weighted by Crippen LogP contribution is -2.46. The maximum absolute atomic E-state index is 4.61. The number of nitrogens with one attached hydrogen (secondary N) is 1. The number of rotatable bonds is 5. The molecule has 1 aliphatic carbocycles. The summed E-state index contributed by atoms with van der Waals surface area (Å²) in [5.74, 6) is 0. The molecule has 1 N–H and O–H groups in total. The van der Waals surface area contributed by atoms with E-state index in [1.165, 1.54) is 72.1 Å². The Balaban J connectivity index is 1.15. The van der Waals surface area contributed by atoms with E-state index < -0.39 is 0 Å². The second kappa shape index (κ2) is 7.96. The van der Waals surface area contributed by atoms with Gasteiger partial charge in [-0.05, 0) is 62.1 Å². The third-order valence-corrected chi connectivity index (χ3v) is 6.51. The molecular formula is C24H30N4. The van der Waals surface area contributed by atoms with Gasteiger partial charge < -0.3 is 4.90 Å². The number of H-pyrrole nitrogens is 1. The van der Waals surface area contributed by atoms with Gasteiger partial charge in [-0.1, -0.05) is 36.4 Å². The van der Waals surface area contributed by atoms with Crippen LogP contribution in [0.4, 0.5) is 5.69 Å².